The van der Waals surface area contributed by atoms with Crippen LogP contribution in [-0.2, 0) is 14.3 Å². The van der Waals surface area contributed by atoms with Crippen molar-refractivity contribution >= 4 is 17.4 Å². The normalized spacial score (nSPS) is 20.9. The predicted molar refractivity (Wildman–Crippen MR) is 112 cm³/mol. The summed E-state index contributed by atoms with van der Waals surface area (Å²) in [4.78, 5) is 24.5. The topological polar surface area (TPSA) is 105 Å². The van der Waals surface area contributed by atoms with Crippen LogP contribution < -0.4 is 11.1 Å². The van der Waals surface area contributed by atoms with E-state index in [1.807, 2.05) is 30.3 Å². The summed E-state index contributed by atoms with van der Waals surface area (Å²) in [6, 6.07) is 19.1. The molecule has 6 nitrogen and oxygen atoms in total. The van der Waals surface area contributed by atoms with Gasteiger partial charge in [-0.15, -0.1) is 0 Å². The highest BCUT2D eigenvalue weighted by Crippen LogP contribution is 2.46. The predicted octanol–water partition coefficient (Wildman–Crippen LogP) is 3.85. The van der Waals surface area contributed by atoms with Crippen LogP contribution in [0.5, 0.6) is 0 Å². The van der Waals surface area contributed by atoms with Gasteiger partial charge >= 0.3 is 0 Å². The van der Waals surface area contributed by atoms with Crippen molar-refractivity contribution in [2.45, 2.75) is 31.6 Å². The smallest absolute Gasteiger partial charge is 0.221 e. The molecule has 2 unspecified atom stereocenters. The van der Waals surface area contributed by atoms with E-state index in [9.17, 15) is 14.9 Å². The lowest BCUT2D eigenvalue weighted by Crippen LogP contribution is -2.29. The van der Waals surface area contributed by atoms with Crippen molar-refractivity contribution in [1.82, 2.24) is 0 Å². The van der Waals surface area contributed by atoms with Crippen molar-refractivity contribution in [3.63, 3.8) is 0 Å². The highest BCUT2D eigenvalue weighted by molar-refractivity contribution is 6.00. The van der Waals surface area contributed by atoms with E-state index in [1.54, 1.807) is 24.3 Å². The van der Waals surface area contributed by atoms with Crippen molar-refractivity contribution in [2.75, 3.05) is 5.32 Å². The average molecular weight is 399 g/mol. The van der Waals surface area contributed by atoms with Crippen LogP contribution in [0.1, 0.15) is 42.7 Å². The van der Waals surface area contributed by atoms with Gasteiger partial charge in [0.1, 0.15) is 17.4 Å². The summed E-state index contributed by atoms with van der Waals surface area (Å²) in [6.45, 7) is 1.44. The summed E-state index contributed by atoms with van der Waals surface area (Å²) >= 11 is 0. The number of carbonyl (C=O) groups excluding carboxylic acids is 2. The molecular formula is C24H21N3O3. The Balaban J connectivity index is 1.73. The summed E-state index contributed by atoms with van der Waals surface area (Å²) in [7, 11) is 0. The second-order valence-electron chi connectivity index (χ2n) is 7.50. The number of ketones is 1. The van der Waals surface area contributed by atoms with Gasteiger partial charge in [-0.3, -0.25) is 9.59 Å². The number of rotatable bonds is 3. The number of amides is 1. The van der Waals surface area contributed by atoms with E-state index in [4.69, 9.17) is 10.5 Å². The van der Waals surface area contributed by atoms with Gasteiger partial charge in [0.15, 0.2) is 5.78 Å². The fourth-order valence-electron chi connectivity index (χ4n) is 4.16. The molecule has 1 aliphatic heterocycles. The highest BCUT2D eigenvalue weighted by atomic mass is 16.5. The van der Waals surface area contributed by atoms with Gasteiger partial charge < -0.3 is 15.8 Å². The number of nitrogens with one attached hydrogen (secondary N) is 1. The number of carbonyl (C=O) groups is 2. The molecule has 1 heterocycles. The summed E-state index contributed by atoms with van der Waals surface area (Å²) in [5.74, 6) is -0.205. The monoisotopic (exact) mass is 399 g/mol. The van der Waals surface area contributed by atoms with E-state index in [2.05, 4.69) is 11.4 Å². The lowest BCUT2D eigenvalue weighted by atomic mass is 9.73. The molecule has 2 aromatic carbocycles. The van der Waals surface area contributed by atoms with Crippen LogP contribution in [0.4, 0.5) is 5.69 Å². The van der Waals surface area contributed by atoms with Crippen molar-refractivity contribution < 1.29 is 14.3 Å². The Labute approximate surface area is 174 Å². The molecule has 2 aromatic rings. The molecule has 150 valence electrons. The summed E-state index contributed by atoms with van der Waals surface area (Å²) in [6.07, 6.45) is 0.899. The summed E-state index contributed by atoms with van der Waals surface area (Å²) in [5, 5.41) is 12.4. The first-order chi connectivity index (χ1) is 14.5. The van der Waals surface area contributed by atoms with Crippen molar-refractivity contribution in [3.8, 4) is 6.07 Å². The first-order valence-corrected chi connectivity index (χ1v) is 9.74. The molecule has 2 atom stereocenters. The quantitative estimate of drug-likeness (QED) is 0.815. The Bertz CT molecular complexity index is 1110. The molecule has 2 aliphatic rings. The third-order valence-electron chi connectivity index (χ3n) is 5.50. The van der Waals surface area contributed by atoms with Gasteiger partial charge in [0, 0.05) is 31.0 Å². The molecule has 0 fully saturated rings. The number of anilines is 1. The maximum absolute atomic E-state index is 13.2. The number of hydrogen-bond donors (Lipinski definition) is 2. The maximum Gasteiger partial charge on any atom is 0.221 e. The van der Waals surface area contributed by atoms with Gasteiger partial charge in [0.25, 0.3) is 0 Å². The second kappa shape index (κ2) is 7.88. The van der Waals surface area contributed by atoms with Gasteiger partial charge in [0.2, 0.25) is 11.8 Å². The minimum absolute atomic E-state index is 0.0108. The Morgan fingerprint density at radius 3 is 2.43 bits per heavy atom. The molecule has 4 rings (SSSR count). The van der Waals surface area contributed by atoms with E-state index in [0.717, 1.165) is 11.1 Å². The van der Waals surface area contributed by atoms with E-state index >= 15 is 0 Å². The number of allylic oxidation sites excluding steroid dienone is 3. The van der Waals surface area contributed by atoms with Gasteiger partial charge in [0.05, 0.1) is 5.92 Å². The first-order valence-electron chi connectivity index (χ1n) is 9.74. The van der Waals surface area contributed by atoms with Crippen molar-refractivity contribution in [2.24, 2.45) is 5.73 Å². The number of nitrogens with zero attached hydrogens (tertiary/aromatic N) is 1. The minimum atomic E-state index is -0.575. The molecular weight excluding hydrogens is 378 g/mol. The van der Waals surface area contributed by atoms with Crippen LogP contribution in [0, 0.1) is 11.3 Å². The average Bonchev–Trinajstić information content (AvgIpc) is 2.73. The van der Waals surface area contributed by atoms with Gasteiger partial charge in [-0.2, -0.15) is 5.26 Å². The van der Waals surface area contributed by atoms with Crippen molar-refractivity contribution in [1.29, 1.82) is 5.26 Å². The van der Waals surface area contributed by atoms with Gasteiger partial charge in [-0.25, -0.2) is 0 Å². The lowest BCUT2D eigenvalue weighted by molar-refractivity contribution is -0.117. The SMILES string of the molecule is CC(=O)Nc1ccc(C2C(C#N)=C(N)OC3=C2C(=O)CC(c2ccccc2)C3)cc1. The standard InChI is InChI=1S/C24H21N3O3/c1-14(28)27-18-9-7-16(8-10-18)22-19(13-25)24(26)30-21-12-17(11-20(29)23(21)22)15-5-3-2-4-6-15/h2-10,17,22H,11-12,26H2,1H3,(H,27,28). The Morgan fingerprint density at radius 1 is 1.10 bits per heavy atom. The third kappa shape index (κ3) is 3.58. The zero-order valence-electron chi connectivity index (χ0n) is 16.5. The van der Waals surface area contributed by atoms with Crippen LogP contribution in [0.25, 0.3) is 0 Å². The number of hydrogen-bond acceptors (Lipinski definition) is 5. The molecule has 0 spiro atoms. The fourth-order valence-corrected chi connectivity index (χ4v) is 4.16. The molecule has 3 N–H and O–H groups in total. The zero-order chi connectivity index (χ0) is 21.3. The summed E-state index contributed by atoms with van der Waals surface area (Å²) in [5.41, 5.74) is 9.28. The van der Waals surface area contributed by atoms with E-state index in [-0.39, 0.29) is 29.1 Å². The van der Waals surface area contributed by atoms with Crippen LogP contribution in [0.2, 0.25) is 0 Å². The highest BCUT2D eigenvalue weighted by Gasteiger charge is 2.40. The number of nitriles is 1. The van der Waals surface area contributed by atoms with Gasteiger partial charge in [-0.05, 0) is 29.2 Å². The van der Waals surface area contributed by atoms with Gasteiger partial charge in [-0.1, -0.05) is 42.5 Å². The molecule has 1 amide bonds. The van der Waals surface area contributed by atoms with E-state index < -0.39 is 5.92 Å². The van der Waals surface area contributed by atoms with Crippen LogP contribution in [0.3, 0.4) is 0 Å². The lowest BCUT2D eigenvalue weighted by Gasteiger charge is -2.34. The first kappa shape index (κ1) is 19.5. The maximum atomic E-state index is 13.2. The fraction of sp³-hybridized carbons (Fsp3) is 0.208. The number of benzene rings is 2. The Morgan fingerprint density at radius 2 is 1.80 bits per heavy atom. The van der Waals surface area contributed by atoms with Crippen molar-refractivity contribution in [3.05, 3.63) is 88.5 Å². The molecule has 6 heteroatoms. The number of ether oxygens (including phenoxy) is 1. The second-order valence-corrected chi connectivity index (χ2v) is 7.50. The van der Waals surface area contributed by atoms with Crippen LogP contribution >= 0.6 is 0 Å². The zero-order valence-corrected chi connectivity index (χ0v) is 16.5. The summed E-state index contributed by atoms with van der Waals surface area (Å²) < 4.78 is 5.78. The molecule has 0 saturated heterocycles. The third-order valence-corrected chi connectivity index (χ3v) is 5.50. The van der Waals surface area contributed by atoms with Crippen LogP contribution in [-0.4, -0.2) is 11.7 Å². The largest absolute Gasteiger partial charge is 0.444 e. The molecule has 1 aliphatic carbocycles. The molecule has 0 aromatic heterocycles. The molecule has 0 saturated carbocycles. The number of nitrogens with two attached hydrogens (primary N) is 1. The number of Topliss-reactive ketones (excluding diaryl/α,β-unsaturated/α-hetero) is 1. The van der Waals surface area contributed by atoms with Crippen LogP contribution in [0.15, 0.2) is 77.4 Å². The molecule has 0 bridgehead atoms. The van der Waals surface area contributed by atoms with E-state index in [0.29, 0.717) is 29.9 Å². The Kier molecular flexibility index (Phi) is 5.11. The minimum Gasteiger partial charge on any atom is -0.444 e. The molecule has 30 heavy (non-hydrogen) atoms. The van der Waals surface area contributed by atoms with E-state index in [1.165, 1.54) is 6.92 Å². The Hall–Kier alpha value is -3.85. The molecule has 0 radical (unpaired) electrons.